The summed E-state index contributed by atoms with van der Waals surface area (Å²) in [5, 5.41) is 10.7. The van der Waals surface area contributed by atoms with Gasteiger partial charge in [0.05, 0.1) is 6.67 Å². The molecule has 0 amide bonds. The minimum absolute atomic E-state index is 0.111. The first-order valence-corrected chi connectivity index (χ1v) is 12.9. The van der Waals surface area contributed by atoms with Gasteiger partial charge in [0, 0.05) is 34.7 Å². The van der Waals surface area contributed by atoms with Crippen molar-refractivity contribution in [3.63, 3.8) is 0 Å². The van der Waals surface area contributed by atoms with Crippen LogP contribution >= 0.6 is 11.3 Å². The molecular weight excluding hydrogens is 477 g/mol. The van der Waals surface area contributed by atoms with Crippen LogP contribution in [-0.2, 0) is 0 Å². The van der Waals surface area contributed by atoms with Crippen molar-refractivity contribution in [1.29, 1.82) is 0 Å². The molecule has 1 aliphatic rings. The van der Waals surface area contributed by atoms with Crippen LogP contribution in [-0.4, -0.2) is 48.7 Å². The van der Waals surface area contributed by atoms with Gasteiger partial charge in [-0.3, -0.25) is 14.1 Å². The number of alkyl halides is 1. The molecule has 1 atom stereocenters. The second-order valence-electron chi connectivity index (χ2n) is 9.12. The minimum Gasteiger partial charge on any atom is -0.508 e. The average molecular weight is 506 g/mol. The molecule has 1 aromatic heterocycles. The van der Waals surface area contributed by atoms with Gasteiger partial charge in [0.25, 0.3) is 0 Å². The topological polar surface area (TPSA) is 59.0 Å². The van der Waals surface area contributed by atoms with Gasteiger partial charge < -0.3 is 14.6 Å². The number of carbonyl (C=O) groups excluding carboxylic acids is 1. The summed E-state index contributed by atoms with van der Waals surface area (Å²) in [6.07, 6.45) is 0.910. The summed E-state index contributed by atoms with van der Waals surface area (Å²) in [5.41, 5.74) is 1.52. The molecule has 5 nitrogen and oxygen atoms in total. The summed E-state index contributed by atoms with van der Waals surface area (Å²) in [7, 11) is 0. The second-order valence-corrected chi connectivity index (χ2v) is 10.2. The number of rotatable bonds is 9. The normalized spacial score (nSPS) is 15.9. The molecule has 0 bridgehead atoms. The molecule has 0 radical (unpaired) electrons. The lowest BCUT2D eigenvalue weighted by atomic mass is 10.0. The summed E-state index contributed by atoms with van der Waals surface area (Å²) in [4.78, 5) is 16.2. The number of hydrogen-bond donors (Lipinski definition) is 1. The Morgan fingerprint density at radius 2 is 1.89 bits per heavy atom. The first kappa shape index (κ1) is 24.3. The number of fused-ring (bicyclic) bond motifs is 1. The van der Waals surface area contributed by atoms with Crippen LogP contribution in [0.15, 0.2) is 66.7 Å². The third-order valence-corrected chi connectivity index (χ3v) is 7.66. The van der Waals surface area contributed by atoms with Crippen molar-refractivity contribution >= 4 is 27.2 Å². The standard InChI is InChI=1S/C29H28FNO4S/c1-19-4-2-3-5-24(19)27(33)29-28(25-11-6-21(32)16-26(25)36-29)35-23-9-7-22(8-10-23)34-15-14-31-13-12-20(17-30)18-31/h2-11,16,20,32H,12-15,17-18H2,1H3/t20-/m1/s1. The molecule has 0 aliphatic carbocycles. The van der Waals surface area contributed by atoms with Crippen LogP contribution < -0.4 is 9.47 Å². The fourth-order valence-electron chi connectivity index (χ4n) is 4.52. The summed E-state index contributed by atoms with van der Waals surface area (Å²) < 4.78 is 25.7. The Labute approximate surface area is 213 Å². The SMILES string of the molecule is Cc1ccccc1C(=O)c1sc2cc(O)ccc2c1Oc1ccc(OCCN2CC[C@H](CF)C2)cc1. The van der Waals surface area contributed by atoms with Crippen LogP contribution in [0.5, 0.6) is 23.0 Å². The van der Waals surface area contributed by atoms with Crippen LogP contribution in [0.2, 0.25) is 0 Å². The zero-order chi connectivity index (χ0) is 25.1. The molecule has 1 aliphatic heterocycles. The quantitative estimate of drug-likeness (QED) is 0.260. The number of aryl methyl sites for hydroxylation is 1. The molecule has 1 fully saturated rings. The lowest BCUT2D eigenvalue weighted by Crippen LogP contribution is -2.26. The zero-order valence-electron chi connectivity index (χ0n) is 20.1. The number of ketones is 1. The molecule has 186 valence electrons. The number of carbonyl (C=O) groups is 1. The Kier molecular flexibility index (Phi) is 7.20. The highest BCUT2D eigenvalue weighted by Gasteiger charge is 2.24. The molecule has 5 rings (SSSR count). The number of nitrogens with zero attached hydrogens (tertiary/aromatic N) is 1. The van der Waals surface area contributed by atoms with Gasteiger partial charge in [-0.2, -0.15) is 0 Å². The molecule has 0 saturated carbocycles. The van der Waals surface area contributed by atoms with Crippen molar-refractivity contribution in [2.24, 2.45) is 5.92 Å². The fourth-order valence-corrected chi connectivity index (χ4v) is 5.64. The van der Waals surface area contributed by atoms with Crippen LogP contribution in [0, 0.1) is 12.8 Å². The van der Waals surface area contributed by atoms with E-state index >= 15 is 0 Å². The third-order valence-electron chi connectivity index (χ3n) is 6.53. The smallest absolute Gasteiger partial charge is 0.207 e. The van der Waals surface area contributed by atoms with Gasteiger partial charge in [0.2, 0.25) is 5.78 Å². The zero-order valence-corrected chi connectivity index (χ0v) is 20.9. The van der Waals surface area contributed by atoms with E-state index in [1.54, 1.807) is 18.2 Å². The van der Waals surface area contributed by atoms with E-state index in [4.69, 9.17) is 9.47 Å². The third kappa shape index (κ3) is 5.22. The van der Waals surface area contributed by atoms with Gasteiger partial charge in [-0.25, -0.2) is 0 Å². The van der Waals surface area contributed by atoms with E-state index in [9.17, 15) is 14.3 Å². The van der Waals surface area contributed by atoms with E-state index in [1.165, 1.54) is 11.3 Å². The minimum atomic E-state index is -0.252. The molecule has 3 aromatic carbocycles. The fraction of sp³-hybridized carbons (Fsp3) is 0.276. The number of benzene rings is 3. The molecule has 0 spiro atoms. The maximum Gasteiger partial charge on any atom is 0.207 e. The lowest BCUT2D eigenvalue weighted by molar-refractivity contribution is 0.104. The van der Waals surface area contributed by atoms with Gasteiger partial charge in [0.15, 0.2) is 5.75 Å². The molecule has 7 heteroatoms. The highest BCUT2D eigenvalue weighted by Crippen LogP contribution is 2.43. The summed E-state index contributed by atoms with van der Waals surface area (Å²) in [6, 6.07) is 19.8. The second kappa shape index (κ2) is 10.7. The Morgan fingerprint density at radius 1 is 1.11 bits per heavy atom. The predicted molar refractivity (Wildman–Crippen MR) is 141 cm³/mol. The van der Waals surface area contributed by atoms with E-state index in [1.807, 2.05) is 55.5 Å². The largest absolute Gasteiger partial charge is 0.508 e. The van der Waals surface area contributed by atoms with Gasteiger partial charge in [-0.1, -0.05) is 24.3 Å². The summed E-state index contributed by atoms with van der Waals surface area (Å²) in [6.45, 7) is 4.68. The number of likely N-dealkylation sites (tertiary alicyclic amines) is 1. The first-order valence-electron chi connectivity index (χ1n) is 12.1. The molecular formula is C29H28FNO4S. The first-order chi connectivity index (χ1) is 17.5. The number of thiophene rings is 1. The predicted octanol–water partition coefficient (Wildman–Crippen LogP) is 6.61. The molecule has 1 N–H and O–H groups in total. The van der Waals surface area contributed by atoms with Crippen LogP contribution in [0.4, 0.5) is 4.39 Å². The van der Waals surface area contributed by atoms with E-state index in [0.717, 1.165) is 47.5 Å². The van der Waals surface area contributed by atoms with Crippen molar-refractivity contribution < 1.29 is 23.8 Å². The number of phenolic OH excluding ortho intramolecular Hbond substituents is 1. The Morgan fingerprint density at radius 3 is 2.64 bits per heavy atom. The monoisotopic (exact) mass is 505 g/mol. The van der Waals surface area contributed by atoms with E-state index in [0.29, 0.717) is 28.5 Å². The maximum atomic E-state index is 13.5. The van der Waals surface area contributed by atoms with Crippen molar-refractivity contribution in [2.75, 3.05) is 32.9 Å². The molecule has 2 heterocycles. The lowest BCUT2D eigenvalue weighted by Gasteiger charge is -2.16. The van der Waals surface area contributed by atoms with Crippen molar-refractivity contribution in [1.82, 2.24) is 4.90 Å². The number of ether oxygens (including phenoxy) is 2. The Balaban J connectivity index is 1.33. The Hall–Kier alpha value is -3.42. The van der Waals surface area contributed by atoms with Crippen LogP contribution in [0.3, 0.4) is 0 Å². The molecule has 0 unspecified atom stereocenters. The molecule has 4 aromatic rings. The van der Waals surface area contributed by atoms with Crippen molar-refractivity contribution in [3.8, 4) is 23.0 Å². The summed E-state index contributed by atoms with van der Waals surface area (Å²) in [5.74, 6) is 1.97. The van der Waals surface area contributed by atoms with Crippen LogP contribution in [0.25, 0.3) is 10.1 Å². The van der Waals surface area contributed by atoms with Crippen LogP contribution in [0.1, 0.15) is 27.2 Å². The van der Waals surface area contributed by atoms with E-state index in [2.05, 4.69) is 4.90 Å². The number of halogens is 1. The van der Waals surface area contributed by atoms with Crippen molar-refractivity contribution in [2.45, 2.75) is 13.3 Å². The maximum absolute atomic E-state index is 13.5. The van der Waals surface area contributed by atoms with E-state index < -0.39 is 0 Å². The number of hydrogen-bond acceptors (Lipinski definition) is 6. The van der Waals surface area contributed by atoms with Gasteiger partial charge in [-0.15, -0.1) is 11.3 Å². The van der Waals surface area contributed by atoms with Gasteiger partial charge in [0.1, 0.15) is 28.7 Å². The highest BCUT2D eigenvalue weighted by atomic mass is 32.1. The number of aromatic hydroxyl groups is 1. The van der Waals surface area contributed by atoms with Crippen molar-refractivity contribution in [3.05, 3.63) is 82.7 Å². The molecule has 1 saturated heterocycles. The molecule has 36 heavy (non-hydrogen) atoms. The Bertz CT molecular complexity index is 1370. The number of phenols is 1. The highest BCUT2D eigenvalue weighted by molar-refractivity contribution is 7.21. The summed E-state index contributed by atoms with van der Waals surface area (Å²) >= 11 is 1.31. The average Bonchev–Trinajstić information content (AvgIpc) is 3.49. The van der Waals surface area contributed by atoms with E-state index in [-0.39, 0.29) is 24.1 Å². The van der Waals surface area contributed by atoms with Gasteiger partial charge in [-0.05, 0) is 67.9 Å². The van der Waals surface area contributed by atoms with Gasteiger partial charge >= 0.3 is 0 Å².